The van der Waals surface area contributed by atoms with E-state index < -0.39 is 35.9 Å². The quantitative estimate of drug-likeness (QED) is 0.465. The van der Waals surface area contributed by atoms with E-state index in [0.29, 0.717) is 0 Å². The first kappa shape index (κ1) is 24.0. The minimum absolute atomic E-state index is 0.0820. The summed E-state index contributed by atoms with van der Waals surface area (Å²) in [6.07, 6.45) is -0.713. The summed E-state index contributed by atoms with van der Waals surface area (Å²) in [6, 6.07) is 22.9. The van der Waals surface area contributed by atoms with E-state index >= 15 is 0 Å². The number of ether oxygens (including phenoxy) is 1. The number of alkyl carbamates (subject to hydrolysis) is 1. The highest BCUT2D eigenvalue weighted by Gasteiger charge is 2.39. The molecule has 0 saturated heterocycles. The van der Waals surface area contributed by atoms with Gasteiger partial charge in [0.25, 0.3) is 0 Å². The Labute approximate surface area is 204 Å². The Morgan fingerprint density at radius 2 is 1.37 bits per heavy atom. The summed E-state index contributed by atoms with van der Waals surface area (Å²) < 4.78 is 5.28. The van der Waals surface area contributed by atoms with E-state index in [1.807, 2.05) is 78.9 Å². The second-order valence-electron chi connectivity index (χ2n) is 8.97. The molecule has 3 aromatic rings. The lowest BCUT2D eigenvalue weighted by Crippen LogP contribution is -2.56. The fourth-order valence-electron chi connectivity index (χ4n) is 4.54. The second kappa shape index (κ2) is 10.4. The summed E-state index contributed by atoms with van der Waals surface area (Å²) in [6.45, 7) is 3.70. The standard InChI is InChI=1S/C28H29N3O4/c1-17(2)24(31-28(34)35-16-18-10-4-3-5-11-18)27(33)30-25(26(29)32)23-21-14-8-6-12-19(21)20-13-7-9-15-22(20)23/h3-15,17,23-25H,16H2,1-2H3,(H2,29,32)(H,30,33)(H,31,34)/t24-,25+/m1/s1. The number of nitrogens with one attached hydrogen (secondary N) is 2. The van der Waals surface area contributed by atoms with Crippen molar-refractivity contribution in [3.8, 4) is 11.1 Å². The molecule has 7 nitrogen and oxygen atoms in total. The van der Waals surface area contributed by atoms with Crippen molar-refractivity contribution in [2.24, 2.45) is 11.7 Å². The van der Waals surface area contributed by atoms with Crippen molar-refractivity contribution in [3.63, 3.8) is 0 Å². The van der Waals surface area contributed by atoms with Crippen molar-refractivity contribution in [1.82, 2.24) is 10.6 Å². The molecule has 0 saturated carbocycles. The minimum Gasteiger partial charge on any atom is -0.445 e. The van der Waals surface area contributed by atoms with E-state index in [9.17, 15) is 14.4 Å². The van der Waals surface area contributed by atoms with Crippen LogP contribution in [0.2, 0.25) is 0 Å². The van der Waals surface area contributed by atoms with Crippen molar-refractivity contribution >= 4 is 17.9 Å². The largest absolute Gasteiger partial charge is 0.445 e. The first-order valence-electron chi connectivity index (χ1n) is 11.6. The zero-order valence-corrected chi connectivity index (χ0v) is 19.7. The van der Waals surface area contributed by atoms with Gasteiger partial charge >= 0.3 is 6.09 Å². The normalized spacial score (nSPS) is 13.9. The first-order valence-corrected chi connectivity index (χ1v) is 11.6. The van der Waals surface area contributed by atoms with Gasteiger partial charge in [0.05, 0.1) is 0 Å². The summed E-state index contributed by atoms with van der Waals surface area (Å²) in [5.41, 5.74) is 10.5. The lowest BCUT2D eigenvalue weighted by molar-refractivity contribution is -0.129. The number of benzene rings is 3. The van der Waals surface area contributed by atoms with Gasteiger partial charge < -0.3 is 21.1 Å². The summed E-state index contributed by atoms with van der Waals surface area (Å²) in [7, 11) is 0. The van der Waals surface area contributed by atoms with E-state index in [1.54, 1.807) is 13.8 Å². The average molecular weight is 472 g/mol. The number of nitrogens with two attached hydrogens (primary N) is 1. The maximum absolute atomic E-state index is 13.3. The number of amides is 3. The Bertz CT molecular complexity index is 1180. The number of primary amides is 1. The highest BCUT2D eigenvalue weighted by atomic mass is 16.5. The highest BCUT2D eigenvalue weighted by molar-refractivity contribution is 5.93. The molecular formula is C28H29N3O4. The highest BCUT2D eigenvalue weighted by Crippen LogP contribution is 2.46. The van der Waals surface area contributed by atoms with E-state index in [4.69, 9.17) is 10.5 Å². The third-order valence-corrected chi connectivity index (χ3v) is 6.25. The first-order chi connectivity index (χ1) is 16.9. The predicted octanol–water partition coefficient (Wildman–Crippen LogP) is 3.72. The smallest absolute Gasteiger partial charge is 0.408 e. The summed E-state index contributed by atoms with van der Waals surface area (Å²) in [5.74, 6) is -1.83. The van der Waals surface area contributed by atoms with Gasteiger partial charge in [-0.15, -0.1) is 0 Å². The summed E-state index contributed by atoms with van der Waals surface area (Å²) >= 11 is 0. The van der Waals surface area contributed by atoms with Crippen LogP contribution in [0, 0.1) is 5.92 Å². The predicted molar refractivity (Wildman–Crippen MR) is 133 cm³/mol. The Morgan fingerprint density at radius 3 is 1.91 bits per heavy atom. The molecule has 0 heterocycles. The molecule has 180 valence electrons. The molecule has 3 amide bonds. The van der Waals surface area contributed by atoms with Crippen molar-refractivity contribution < 1.29 is 19.1 Å². The molecular weight excluding hydrogens is 442 g/mol. The van der Waals surface area contributed by atoms with Gasteiger partial charge in [-0.2, -0.15) is 0 Å². The van der Waals surface area contributed by atoms with Crippen molar-refractivity contribution in [3.05, 3.63) is 95.6 Å². The lowest BCUT2D eigenvalue weighted by atomic mass is 9.88. The van der Waals surface area contributed by atoms with Crippen molar-refractivity contribution in [1.29, 1.82) is 0 Å². The Hall–Kier alpha value is -4.13. The molecule has 3 aromatic carbocycles. The molecule has 4 rings (SSSR count). The second-order valence-corrected chi connectivity index (χ2v) is 8.97. The zero-order valence-electron chi connectivity index (χ0n) is 19.7. The van der Waals surface area contributed by atoms with Gasteiger partial charge in [0.2, 0.25) is 11.8 Å². The van der Waals surface area contributed by atoms with Gasteiger partial charge in [0.1, 0.15) is 18.7 Å². The van der Waals surface area contributed by atoms with Crippen LogP contribution in [-0.2, 0) is 20.9 Å². The molecule has 4 N–H and O–H groups in total. The molecule has 0 radical (unpaired) electrons. The molecule has 0 bridgehead atoms. The third-order valence-electron chi connectivity index (χ3n) is 6.25. The van der Waals surface area contributed by atoms with Gasteiger partial charge in [-0.3, -0.25) is 9.59 Å². The number of fused-ring (bicyclic) bond motifs is 3. The van der Waals surface area contributed by atoms with Crippen LogP contribution in [0.15, 0.2) is 78.9 Å². The van der Waals surface area contributed by atoms with Gasteiger partial charge in [0.15, 0.2) is 0 Å². The molecule has 0 aliphatic heterocycles. The number of carbonyl (C=O) groups is 3. The van der Waals surface area contributed by atoms with Gasteiger partial charge in [-0.25, -0.2) is 4.79 Å². The maximum atomic E-state index is 13.3. The van der Waals surface area contributed by atoms with Crippen molar-refractivity contribution in [2.45, 2.75) is 38.5 Å². The van der Waals surface area contributed by atoms with Crippen LogP contribution in [0.25, 0.3) is 11.1 Å². The molecule has 7 heteroatoms. The number of hydrogen-bond donors (Lipinski definition) is 3. The van der Waals surface area contributed by atoms with Crippen LogP contribution in [0.3, 0.4) is 0 Å². The van der Waals surface area contributed by atoms with Crippen LogP contribution < -0.4 is 16.4 Å². The van der Waals surface area contributed by atoms with Gasteiger partial charge in [-0.1, -0.05) is 92.7 Å². The molecule has 35 heavy (non-hydrogen) atoms. The number of hydrogen-bond acceptors (Lipinski definition) is 4. The van der Waals surface area contributed by atoms with E-state index in [2.05, 4.69) is 10.6 Å². The van der Waals surface area contributed by atoms with Crippen LogP contribution in [0.5, 0.6) is 0 Å². The Morgan fingerprint density at radius 1 is 0.829 bits per heavy atom. The lowest BCUT2D eigenvalue weighted by Gasteiger charge is -2.28. The van der Waals surface area contributed by atoms with Crippen LogP contribution >= 0.6 is 0 Å². The Kier molecular flexibility index (Phi) is 7.15. The number of rotatable bonds is 8. The minimum atomic E-state index is -0.990. The SMILES string of the molecule is CC(C)[C@@H](NC(=O)OCc1ccccc1)C(=O)N[C@H](C(N)=O)C1c2ccccc2-c2ccccc21. The topological polar surface area (TPSA) is 111 Å². The summed E-state index contributed by atoms with van der Waals surface area (Å²) in [5, 5.41) is 5.45. The molecule has 0 aromatic heterocycles. The van der Waals surface area contributed by atoms with E-state index in [-0.39, 0.29) is 12.5 Å². The molecule has 0 fully saturated rings. The fourth-order valence-corrected chi connectivity index (χ4v) is 4.54. The van der Waals surface area contributed by atoms with Gasteiger partial charge in [0, 0.05) is 5.92 Å². The van der Waals surface area contributed by atoms with Crippen molar-refractivity contribution in [2.75, 3.05) is 0 Å². The molecule has 0 unspecified atom stereocenters. The number of carbonyl (C=O) groups excluding carboxylic acids is 3. The Balaban J connectivity index is 1.51. The van der Waals surface area contributed by atoms with Crippen LogP contribution in [0.1, 0.15) is 36.5 Å². The van der Waals surface area contributed by atoms with E-state index in [1.165, 1.54) is 0 Å². The van der Waals surface area contributed by atoms with E-state index in [0.717, 1.165) is 27.8 Å². The monoisotopic (exact) mass is 471 g/mol. The molecule has 1 aliphatic rings. The van der Waals surface area contributed by atoms with Gasteiger partial charge in [-0.05, 0) is 33.7 Å². The summed E-state index contributed by atoms with van der Waals surface area (Å²) in [4.78, 5) is 38.3. The molecule has 2 atom stereocenters. The third kappa shape index (κ3) is 5.19. The zero-order chi connectivity index (χ0) is 24.9. The average Bonchev–Trinajstić information content (AvgIpc) is 3.19. The molecule has 1 aliphatic carbocycles. The van der Waals surface area contributed by atoms with Crippen LogP contribution in [-0.4, -0.2) is 30.0 Å². The molecule has 0 spiro atoms. The van der Waals surface area contributed by atoms with Crippen LogP contribution in [0.4, 0.5) is 4.79 Å². The maximum Gasteiger partial charge on any atom is 0.408 e. The fraction of sp³-hybridized carbons (Fsp3) is 0.250.